The van der Waals surface area contributed by atoms with Gasteiger partial charge in [0.05, 0.1) is 10.6 Å². The molecule has 0 saturated carbocycles. The second-order valence-corrected chi connectivity index (χ2v) is 6.46. The third-order valence-electron chi connectivity index (χ3n) is 4.49. The van der Waals surface area contributed by atoms with Crippen LogP contribution >= 0.6 is 11.6 Å². The van der Waals surface area contributed by atoms with E-state index in [1.54, 1.807) is 6.07 Å². The van der Waals surface area contributed by atoms with Gasteiger partial charge in [-0.05, 0) is 60.0 Å². The van der Waals surface area contributed by atoms with Crippen molar-refractivity contribution in [3.8, 4) is 0 Å². The summed E-state index contributed by atoms with van der Waals surface area (Å²) in [5.74, 6) is -0.172. The highest BCUT2D eigenvalue weighted by Crippen LogP contribution is 2.35. The molecule has 0 heterocycles. The highest BCUT2D eigenvalue weighted by Gasteiger charge is 2.17. The minimum atomic E-state index is -0.172. The van der Waals surface area contributed by atoms with E-state index in [1.807, 2.05) is 25.1 Å². The molecule has 3 aromatic carbocycles. The molecule has 2 nitrogen and oxygen atoms in total. The van der Waals surface area contributed by atoms with Crippen LogP contribution in [0.1, 0.15) is 27.0 Å². The van der Waals surface area contributed by atoms with Gasteiger partial charge in [0.1, 0.15) is 0 Å². The molecule has 0 unspecified atom stereocenters. The number of hydrogen-bond donors (Lipinski definition) is 1. The van der Waals surface area contributed by atoms with Gasteiger partial charge < -0.3 is 5.32 Å². The zero-order valence-electron chi connectivity index (χ0n) is 12.8. The number of hydrogen-bond acceptors (Lipinski definition) is 1. The molecular formula is C20H16ClNO. The minimum absolute atomic E-state index is 0.172. The highest BCUT2D eigenvalue weighted by molar-refractivity contribution is 6.34. The number of anilines is 1. The predicted octanol–water partition coefficient (Wildman–Crippen LogP) is 5.15. The predicted molar refractivity (Wildman–Crippen MR) is 95.5 cm³/mol. The normalized spacial score (nSPS) is 12.6. The summed E-state index contributed by atoms with van der Waals surface area (Å²) in [5, 5.41) is 5.90. The number of aryl methyl sites for hydroxylation is 3. The molecule has 1 aliphatic carbocycles. The first-order valence-electron chi connectivity index (χ1n) is 7.74. The number of benzene rings is 3. The fraction of sp³-hybridized carbons (Fsp3) is 0.150. The molecule has 114 valence electrons. The fourth-order valence-corrected chi connectivity index (χ4v) is 3.67. The molecule has 0 bridgehead atoms. The van der Waals surface area contributed by atoms with Gasteiger partial charge in [-0.1, -0.05) is 41.9 Å². The topological polar surface area (TPSA) is 29.1 Å². The van der Waals surface area contributed by atoms with Gasteiger partial charge >= 0.3 is 0 Å². The van der Waals surface area contributed by atoms with E-state index < -0.39 is 0 Å². The van der Waals surface area contributed by atoms with Crippen molar-refractivity contribution in [1.29, 1.82) is 0 Å². The Bertz CT molecular complexity index is 936. The third-order valence-corrected chi connectivity index (χ3v) is 4.81. The molecule has 1 aliphatic rings. The summed E-state index contributed by atoms with van der Waals surface area (Å²) in [4.78, 5) is 12.6. The Labute approximate surface area is 140 Å². The van der Waals surface area contributed by atoms with E-state index in [0.717, 1.165) is 29.5 Å². The SMILES string of the molecule is Cc1ccc(C(=O)Nc2ccc3c4c(cccc24)CC3)c(Cl)c1. The molecular weight excluding hydrogens is 306 g/mol. The van der Waals surface area contributed by atoms with Crippen molar-refractivity contribution in [2.75, 3.05) is 5.32 Å². The van der Waals surface area contributed by atoms with Crippen LogP contribution in [0.15, 0.2) is 48.5 Å². The van der Waals surface area contributed by atoms with Crippen LogP contribution in [0.5, 0.6) is 0 Å². The van der Waals surface area contributed by atoms with Crippen molar-refractivity contribution in [2.24, 2.45) is 0 Å². The van der Waals surface area contributed by atoms with E-state index in [4.69, 9.17) is 11.6 Å². The fourth-order valence-electron chi connectivity index (χ4n) is 3.35. The molecule has 0 saturated heterocycles. The van der Waals surface area contributed by atoms with Gasteiger partial charge in [0.15, 0.2) is 0 Å². The van der Waals surface area contributed by atoms with Crippen LogP contribution in [0.2, 0.25) is 5.02 Å². The first-order chi connectivity index (χ1) is 11.1. The van der Waals surface area contributed by atoms with Crippen molar-refractivity contribution in [1.82, 2.24) is 0 Å². The van der Waals surface area contributed by atoms with Crippen LogP contribution in [-0.2, 0) is 12.8 Å². The average Bonchev–Trinajstić information content (AvgIpc) is 2.95. The summed E-state index contributed by atoms with van der Waals surface area (Å²) in [6, 6.07) is 15.9. The van der Waals surface area contributed by atoms with E-state index in [1.165, 1.54) is 16.5 Å². The molecule has 0 aliphatic heterocycles. The molecule has 0 aromatic heterocycles. The Morgan fingerprint density at radius 1 is 1.04 bits per heavy atom. The number of amides is 1. The smallest absolute Gasteiger partial charge is 0.257 e. The van der Waals surface area contributed by atoms with Crippen LogP contribution in [-0.4, -0.2) is 5.91 Å². The second kappa shape index (κ2) is 5.39. The molecule has 1 N–H and O–H groups in total. The van der Waals surface area contributed by atoms with Gasteiger partial charge in [0, 0.05) is 11.1 Å². The summed E-state index contributed by atoms with van der Waals surface area (Å²) in [6.45, 7) is 1.96. The van der Waals surface area contributed by atoms with E-state index in [0.29, 0.717) is 10.6 Å². The Balaban J connectivity index is 1.75. The summed E-state index contributed by atoms with van der Waals surface area (Å²) in [6.07, 6.45) is 2.15. The van der Waals surface area contributed by atoms with Gasteiger partial charge in [0.2, 0.25) is 0 Å². The standard InChI is InChI=1S/C20H16ClNO/c1-12-5-9-15(17(21)11-12)20(23)22-18-10-8-14-7-6-13-3-2-4-16(18)19(13)14/h2-5,8-11H,6-7H2,1H3,(H,22,23). The molecule has 3 aromatic rings. The Kier molecular flexibility index (Phi) is 3.35. The maximum atomic E-state index is 12.6. The van der Waals surface area contributed by atoms with Crippen molar-refractivity contribution in [3.63, 3.8) is 0 Å². The van der Waals surface area contributed by atoms with Gasteiger partial charge in [0.25, 0.3) is 5.91 Å². The lowest BCUT2D eigenvalue weighted by atomic mass is 10.0. The molecule has 0 radical (unpaired) electrons. The van der Waals surface area contributed by atoms with Gasteiger partial charge in [-0.2, -0.15) is 0 Å². The van der Waals surface area contributed by atoms with Crippen LogP contribution in [0.4, 0.5) is 5.69 Å². The summed E-state index contributed by atoms with van der Waals surface area (Å²) < 4.78 is 0. The van der Waals surface area contributed by atoms with Gasteiger partial charge in [-0.15, -0.1) is 0 Å². The lowest BCUT2D eigenvalue weighted by molar-refractivity contribution is 0.102. The second-order valence-electron chi connectivity index (χ2n) is 6.05. The molecule has 23 heavy (non-hydrogen) atoms. The largest absolute Gasteiger partial charge is 0.321 e. The Hall–Kier alpha value is -2.32. The summed E-state index contributed by atoms with van der Waals surface area (Å²) in [7, 11) is 0. The van der Waals surface area contributed by atoms with Gasteiger partial charge in [-0.3, -0.25) is 4.79 Å². The molecule has 1 amide bonds. The van der Waals surface area contributed by atoms with E-state index in [9.17, 15) is 4.79 Å². The number of halogens is 1. The average molecular weight is 322 g/mol. The zero-order valence-corrected chi connectivity index (χ0v) is 13.6. The van der Waals surface area contributed by atoms with Crippen LogP contribution in [0.3, 0.4) is 0 Å². The maximum Gasteiger partial charge on any atom is 0.257 e. The van der Waals surface area contributed by atoms with E-state index in [2.05, 4.69) is 29.6 Å². The van der Waals surface area contributed by atoms with Crippen molar-refractivity contribution in [2.45, 2.75) is 19.8 Å². The van der Waals surface area contributed by atoms with Crippen LogP contribution in [0.25, 0.3) is 10.8 Å². The number of carbonyl (C=O) groups excluding carboxylic acids is 1. The molecule has 0 fully saturated rings. The number of carbonyl (C=O) groups is 1. The maximum absolute atomic E-state index is 12.6. The molecule has 3 heteroatoms. The monoisotopic (exact) mass is 321 g/mol. The van der Waals surface area contributed by atoms with Gasteiger partial charge in [-0.25, -0.2) is 0 Å². The quantitative estimate of drug-likeness (QED) is 0.694. The molecule has 4 rings (SSSR count). The molecule has 0 spiro atoms. The molecule has 0 atom stereocenters. The highest BCUT2D eigenvalue weighted by atomic mass is 35.5. The first kappa shape index (κ1) is 14.3. The summed E-state index contributed by atoms with van der Waals surface area (Å²) in [5.41, 5.74) is 5.11. The third kappa shape index (κ3) is 2.40. The number of nitrogens with one attached hydrogen (secondary N) is 1. The van der Waals surface area contributed by atoms with Crippen LogP contribution in [0, 0.1) is 6.92 Å². The lowest BCUT2D eigenvalue weighted by Gasteiger charge is -2.11. The van der Waals surface area contributed by atoms with Crippen LogP contribution < -0.4 is 5.32 Å². The van der Waals surface area contributed by atoms with E-state index >= 15 is 0 Å². The van der Waals surface area contributed by atoms with Crippen molar-refractivity contribution < 1.29 is 4.79 Å². The van der Waals surface area contributed by atoms with Crippen molar-refractivity contribution >= 4 is 34.0 Å². The van der Waals surface area contributed by atoms with Crippen molar-refractivity contribution in [3.05, 3.63) is 75.8 Å². The minimum Gasteiger partial charge on any atom is -0.321 e. The number of rotatable bonds is 2. The Morgan fingerprint density at radius 2 is 1.83 bits per heavy atom. The summed E-state index contributed by atoms with van der Waals surface area (Å²) >= 11 is 6.21. The Morgan fingerprint density at radius 3 is 2.61 bits per heavy atom. The lowest BCUT2D eigenvalue weighted by Crippen LogP contribution is -2.13. The first-order valence-corrected chi connectivity index (χ1v) is 8.12. The zero-order chi connectivity index (χ0) is 16.0. The van der Waals surface area contributed by atoms with E-state index in [-0.39, 0.29) is 5.91 Å².